The van der Waals surface area contributed by atoms with Crippen LogP contribution in [0.15, 0.2) is 83.8 Å². The molecule has 0 radical (unpaired) electrons. The lowest BCUT2D eigenvalue weighted by atomic mass is 10.0. The monoisotopic (exact) mass is 338 g/mol. The maximum atomic E-state index is 12.2. The maximum absolute atomic E-state index is 12.2. The van der Waals surface area contributed by atoms with Gasteiger partial charge in [0.05, 0.1) is 11.5 Å². The topological polar surface area (TPSA) is 43.4 Å². The molecule has 0 unspecified atom stereocenters. The van der Waals surface area contributed by atoms with Crippen LogP contribution in [0, 0.1) is 6.92 Å². The van der Waals surface area contributed by atoms with Crippen LogP contribution in [0.1, 0.15) is 11.1 Å². The first-order valence-corrected chi connectivity index (χ1v) is 9.06. The SMILES string of the molecule is Cc1ccc(S(=O)(=O)OCc2ccc(-c3ccccc3)cc2)cc1. The zero-order chi connectivity index (χ0) is 17.0. The summed E-state index contributed by atoms with van der Waals surface area (Å²) in [5.74, 6) is 0. The van der Waals surface area contributed by atoms with Crippen molar-refractivity contribution >= 4 is 10.1 Å². The van der Waals surface area contributed by atoms with Gasteiger partial charge in [-0.3, -0.25) is 4.18 Å². The molecule has 122 valence electrons. The van der Waals surface area contributed by atoms with Gasteiger partial charge < -0.3 is 0 Å². The summed E-state index contributed by atoms with van der Waals surface area (Å²) in [5.41, 5.74) is 4.02. The lowest BCUT2D eigenvalue weighted by molar-refractivity contribution is 0.308. The second kappa shape index (κ2) is 6.99. The van der Waals surface area contributed by atoms with Crippen molar-refractivity contribution in [3.8, 4) is 11.1 Å². The zero-order valence-electron chi connectivity index (χ0n) is 13.3. The van der Waals surface area contributed by atoms with Gasteiger partial charge in [0.25, 0.3) is 10.1 Å². The molecule has 0 N–H and O–H groups in total. The van der Waals surface area contributed by atoms with Crippen LogP contribution in [0.25, 0.3) is 11.1 Å². The Morgan fingerprint density at radius 3 is 1.96 bits per heavy atom. The lowest BCUT2D eigenvalue weighted by Crippen LogP contribution is -2.06. The Hall–Kier alpha value is -2.43. The molecule has 3 aromatic rings. The zero-order valence-corrected chi connectivity index (χ0v) is 14.2. The normalized spacial score (nSPS) is 11.4. The van der Waals surface area contributed by atoms with E-state index in [-0.39, 0.29) is 11.5 Å². The highest BCUT2D eigenvalue weighted by Gasteiger charge is 2.14. The number of benzene rings is 3. The Kier molecular flexibility index (Phi) is 4.79. The first-order valence-electron chi connectivity index (χ1n) is 7.65. The van der Waals surface area contributed by atoms with E-state index in [1.54, 1.807) is 24.3 Å². The summed E-state index contributed by atoms with van der Waals surface area (Å²) >= 11 is 0. The van der Waals surface area contributed by atoms with E-state index in [4.69, 9.17) is 4.18 Å². The maximum Gasteiger partial charge on any atom is 0.297 e. The van der Waals surface area contributed by atoms with Crippen molar-refractivity contribution in [2.45, 2.75) is 18.4 Å². The van der Waals surface area contributed by atoms with E-state index < -0.39 is 10.1 Å². The van der Waals surface area contributed by atoms with Crippen LogP contribution in [0.2, 0.25) is 0 Å². The van der Waals surface area contributed by atoms with Crippen molar-refractivity contribution in [1.29, 1.82) is 0 Å². The number of rotatable bonds is 5. The summed E-state index contributed by atoms with van der Waals surface area (Å²) in [5, 5.41) is 0. The highest BCUT2D eigenvalue weighted by Crippen LogP contribution is 2.20. The minimum Gasteiger partial charge on any atom is -0.262 e. The molecule has 24 heavy (non-hydrogen) atoms. The highest BCUT2D eigenvalue weighted by molar-refractivity contribution is 7.86. The van der Waals surface area contributed by atoms with E-state index in [2.05, 4.69) is 0 Å². The third-order valence-electron chi connectivity index (χ3n) is 3.75. The molecule has 0 atom stereocenters. The summed E-state index contributed by atoms with van der Waals surface area (Å²) in [6.07, 6.45) is 0. The predicted molar refractivity (Wildman–Crippen MR) is 95.0 cm³/mol. The van der Waals surface area contributed by atoms with E-state index in [0.29, 0.717) is 0 Å². The van der Waals surface area contributed by atoms with Gasteiger partial charge >= 0.3 is 0 Å². The Bertz CT molecular complexity index is 897. The molecular formula is C20H18O3S. The summed E-state index contributed by atoms with van der Waals surface area (Å²) in [4.78, 5) is 0.175. The Morgan fingerprint density at radius 2 is 1.33 bits per heavy atom. The number of aryl methyl sites for hydroxylation is 1. The van der Waals surface area contributed by atoms with Gasteiger partial charge in [0, 0.05) is 0 Å². The van der Waals surface area contributed by atoms with Crippen molar-refractivity contribution in [2.24, 2.45) is 0 Å². The minimum absolute atomic E-state index is 0.0191. The van der Waals surface area contributed by atoms with Crippen molar-refractivity contribution < 1.29 is 12.6 Å². The molecule has 0 heterocycles. The Labute approximate surface area is 142 Å². The first-order chi connectivity index (χ1) is 11.5. The number of hydrogen-bond donors (Lipinski definition) is 0. The van der Waals surface area contributed by atoms with Crippen molar-refractivity contribution in [1.82, 2.24) is 0 Å². The molecular weight excluding hydrogens is 320 g/mol. The molecule has 0 fully saturated rings. The van der Waals surface area contributed by atoms with Crippen LogP contribution < -0.4 is 0 Å². The average Bonchev–Trinajstić information content (AvgIpc) is 2.62. The van der Waals surface area contributed by atoms with Crippen LogP contribution >= 0.6 is 0 Å². The second-order valence-electron chi connectivity index (χ2n) is 5.59. The molecule has 3 aromatic carbocycles. The first kappa shape index (κ1) is 16.4. The largest absolute Gasteiger partial charge is 0.297 e. The molecule has 0 aliphatic heterocycles. The molecule has 4 heteroatoms. The molecule has 0 amide bonds. The second-order valence-corrected chi connectivity index (χ2v) is 7.21. The third-order valence-corrected chi connectivity index (χ3v) is 5.03. The summed E-state index contributed by atoms with van der Waals surface area (Å²) in [7, 11) is -3.74. The van der Waals surface area contributed by atoms with Gasteiger partial charge in [-0.05, 0) is 35.7 Å². The standard InChI is InChI=1S/C20H18O3S/c1-16-7-13-20(14-8-16)24(21,22)23-15-17-9-11-19(12-10-17)18-5-3-2-4-6-18/h2-14H,15H2,1H3. The molecule has 0 spiro atoms. The fourth-order valence-electron chi connectivity index (χ4n) is 2.34. The fraction of sp³-hybridized carbons (Fsp3) is 0.100. The van der Waals surface area contributed by atoms with Crippen molar-refractivity contribution in [3.63, 3.8) is 0 Å². The van der Waals surface area contributed by atoms with Gasteiger partial charge in [-0.15, -0.1) is 0 Å². The van der Waals surface area contributed by atoms with Gasteiger partial charge in [0.15, 0.2) is 0 Å². The molecule has 0 aliphatic rings. The lowest BCUT2D eigenvalue weighted by Gasteiger charge is -2.07. The average molecular weight is 338 g/mol. The molecule has 0 saturated heterocycles. The summed E-state index contributed by atoms with van der Waals surface area (Å²) in [6.45, 7) is 1.93. The van der Waals surface area contributed by atoms with Crippen LogP contribution in [0.5, 0.6) is 0 Å². The van der Waals surface area contributed by atoms with Crippen LogP contribution in [0.4, 0.5) is 0 Å². The van der Waals surface area contributed by atoms with E-state index in [1.165, 1.54) is 0 Å². The fourth-order valence-corrected chi connectivity index (χ4v) is 3.24. The van der Waals surface area contributed by atoms with Crippen molar-refractivity contribution in [2.75, 3.05) is 0 Å². The van der Waals surface area contributed by atoms with Crippen LogP contribution in [0.3, 0.4) is 0 Å². The minimum atomic E-state index is -3.74. The molecule has 0 aliphatic carbocycles. The molecule has 0 bridgehead atoms. The molecule has 3 rings (SSSR count). The van der Waals surface area contributed by atoms with Crippen molar-refractivity contribution in [3.05, 3.63) is 90.0 Å². The summed E-state index contributed by atoms with van der Waals surface area (Å²) in [6, 6.07) is 24.3. The van der Waals surface area contributed by atoms with E-state index in [1.807, 2.05) is 61.5 Å². The smallest absolute Gasteiger partial charge is 0.262 e. The molecule has 0 aromatic heterocycles. The highest BCUT2D eigenvalue weighted by atomic mass is 32.2. The van der Waals surface area contributed by atoms with E-state index >= 15 is 0 Å². The third kappa shape index (κ3) is 3.91. The van der Waals surface area contributed by atoms with E-state index in [0.717, 1.165) is 22.3 Å². The van der Waals surface area contributed by atoms with Crippen LogP contribution in [-0.2, 0) is 20.9 Å². The molecule has 0 saturated carbocycles. The quantitative estimate of drug-likeness (QED) is 0.640. The van der Waals surface area contributed by atoms with Gasteiger partial charge in [-0.2, -0.15) is 8.42 Å². The molecule has 3 nitrogen and oxygen atoms in total. The van der Waals surface area contributed by atoms with Gasteiger partial charge in [-0.25, -0.2) is 0 Å². The predicted octanol–water partition coefficient (Wildman–Crippen LogP) is 4.57. The summed E-state index contributed by atoms with van der Waals surface area (Å²) < 4.78 is 29.5. The van der Waals surface area contributed by atoms with Gasteiger partial charge in [-0.1, -0.05) is 72.3 Å². The van der Waals surface area contributed by atoms with Gasteiger partial charge in [0.2, 0.25) is 0 Å². The van der Waals surface area contributed by atoms with Gasteiger partial charge in [0.1, 0.15) is 0 Å². The Morgan fingerprint density at radius 1 is 0.750 bits per heavy atom. The van der Waals surface area contributed by atoms with E-state index in [9.17, 15) is 8.42 Å². The Balaban J connectivity index is 1.69. The number of hydrogen-bond acceptors (Lipinski definition) is 3. The van der Waals surface area contributed by atoms with Crippen LogP contribution in [-0.4, -0.2) is 8.42 Å².